The second-order valence-electron chi connectivity index (χ2n) is 7.65. The monoisotopic (exact) mass is 460 g/mol. The molecule has 2 N–H and O–H groups in total. The number of hydrogen-bond donors (Lipinski definition) is 1. The highest BCUT2D eigenvalue weighted by Crippen LogP contribution is 2.40. The maximum absolute atomic E-state index is 12.7. The van der Waals surface area contributed by atoms with Crippen LogP contribution in [0.2, 0.25) is 0 Å². The van der Waals surface area contributed by atoms with Crippen LogP contribution < -0.4 is 5.73 Å². The summed E-state index contributed by atoms with van der Waals surface area (Å²) in [4.78, 5) is 23.9. The van der Waals surface area contributed by atoms with Crippen molar-refractivity contribution in [2.75, 3.05) is 18.0 Å². The Labute approximate surface area is 182 Å². The fourth-order valence-corrected chi connectivity index (χ4v) is 8.00. The topological polar surface area (TPSA) is 106 Å². The van der Waals surface area contributed by atoms with Crippen LogP contribution in [0.25, 0.3) is 10.2 Å². The number of anilines is 1. The number of rotatable bonds is 4. The van der Waals surface area contributed by atoms with E-state index >= 15 is 0 Å². The summed E-state index contributed by atoms with van der Waals surface area (Å²) in [6.45, 7) is 2.32. The lowest BCUT2D eigenvalue weighted by molar-refractivity contribution is 0.0876. The number of benzene rings is 1. The molecular weight excluding hydrogens is 440 g/mol. The summed E-state index contributed by atoms with van der Waals surface area (Å²) in [6, 6.07) is 6.29. The average Bonchev–Trinajstić information content (AvgIpc) is 3.16. The first-order valence-corrected chi connectivity index (χ1v) is 13.0. The molecule has 5 rings (SSSR count). The number of carbonyl (C=O) groups excluding carboxylic acids is 1. The van der Waals surface area contributed by atoms with Crippen molar-refractivity contribution < 1.29 is 13.2 Å². The molecule has 1 aliphatic heterocycles. The smallest absolute Gasteiger partial charge is 0.269 e. The van der Waals surface area contributed by atoms with Crippen molar-refractivity contribution in [2.45, 2.75) is 36.2 Å². The zero-order valence-electron chi connectivity index (χ0n) is 16.3. The number of thioether (sulfide) groups is 1. The van der Waals surface area contributed by atoms with Gasteiger partial charge in [-0.15, -0.1) is 11.3 Å². The molecule has 0 saturated carbocycles. The van der Waals surface area contributed by atoms with Crippen molar-refractivity contribution in [2.24, 2.45) is 5.92 Å². The van der Waals surface area contributed by atoms with E-state index in [2.05, 4.69) is 16.9 Å². The molecule has 1 aromatic carbocycles. The fourth-order valence-electron chi connectivity index (χ4n) is 4.09. The normalized spacial score (nSPS) is 19.8. The Bertz CT molecular complexity index is 1290. The number of nitrogens with zero attached hydrogens (tertiary/aromatic N) is 3. The van der Waals surface area contributed by atoms with Crippen LogP contribution in [0.5, 0.6) is 0 Å². The van der Waals surface area contributed by atoms with Gasteiger partial charge in [0.1, 0.15) is 15.5 Å². The molecule has 1 amide bonds. The third-order valence-electron chi connectivity index (χ3n) is 5.60. The van der Waals surface area contributed by atoms with Crippen LogP contribution in [0.4, 0.5) is 5.82 Å². The highest BCUT2D eigenvalue weighted by atomic mass is 32.2. The number of carbonyl (C=O) groups is 1. The lowest BCUT2D eigenvalue weighted by atomic mass is 9.89. The molecule has 3 aromatic rings. The predicted octanol–water partition coefficient (Wildman–Crippen LogP) is 3.34. The van der Waals surface area contributed by atoms with Crippen LogP contribution in [0.1, 0.15) is 34.1 Å². The zero-order valence-corrected chi connectivity index (χ0v) is 18.7. The number of amides is 1. The summed E-state index contributed by atoms with van der Waals surface area (Å²) in [6.07, 6.45) is 3.20. The van der Waals surface area contributed by atoms with Crippen LogP contribution in [0, 0.1) is 5.92 Å². The Morgan fingerprint density at radius 2 is 2.10 bits per heavy atom. The van der Waals surface area contributed by atoms with Gasteiger partial charge in [-0.2, -0.15) is 0 Å². The molecule has 10 heteroatoms. The number of nitrogen functional groups attached to an aromatic ring is 1. The van der Waals surface area contributed by atoms with Gasteiger partial charge in [0, 0.05) is 17.2 Å². The first kappa shape index (κ1) is 19.8. The fraction of sp³-hybridized carbons (Fsp3) is 0.350. The van der Waals surface area contributed by atoms with E-state index in [1.165, 1.54) is 28.3 Å². The van der Waals surface area contributed by atoms with Gasteiger partial charge in [0.05, 0.1) is 10.9 Å². The van der Waals surface area contributed by atoms with Crippen molar-refractivity contribution in [3.63, 3.8) is 0 Å². The standard InChI is InChI=1S/C20H20N4O3S3/c1-11-6-7-12-14(10-11)29-18-16(12)17(21)22-20(23-18)28-9-8-24-19(25)13-4-2-3-5-15(13)30(24,26)27/h2-5,11H,6-10H2,1H3,(H2,21,22,23). The molecule has 0 spiro atoms. The van der Waals surface area contributed by atoms with Gasteiger partial charge in [0.15, 0.2) is 5.16 Å². The lowest BCUT2D eigenvalue weighted by Gasteiger charge is -2.17. The van der Waals surface area contributed by atoms with Crippen molar-refractivity contribution in [1.29, 1.82) is 0 Å². The van der Waals surface area contributed by atoms with Crippen molar-refractivity contribution in [3.8, 4) is 0 Å². The molecule has 0 bridgehead atoms. The summed E-state index contributed by atoms with van der Waals surface area (Å²) in [5, 5.41) is 1.48. The van der Waals surface area contributed by atoms with Crippen LogP contribution in [-0.2, 0) is 22.9 Å². The first-order valence-electron chi connectivity index (χ1n) is 9.73. The second kappa shape index (κ2) is 7.21. The van der Waals surface area contributed by atoms with E-state index in [1.54, 1.807) is 29.5 Å². The van der Waals surface area contributed by atoms with Gasteiger partial charge in [-0.05, 0) is 42.9 Å². The molecular formula is C20H20N4O3S3. The number of fused-ring (bicyclic) bond motifs is 4. The number of aryl methyl sites for hydroxylation is 1. The summed E-state index contributed by atoms with van der Waals surface area (Å²) in [5.41, 5.74) is 7.77. The van der Waals surface area contributed by atoms with Crippen molar-refractivity contribution >= 4 is 55.1 Å². The quantitative estimate of drug-likeness (QED) is 0.470. The molecule has 2 aliphatic rings. The zero-order chi connectivity index (χ0) is 21.0. The van der Waals surface area contributed by atoms with Crippen molar-refractivity contribution in [1.82, 2.24) is 14.3 Å². The maximum Gasteiger partial charge on any atom is 0.269 e. The van der Waals surface area contributed by atoms with Gasteiger partial charge in [-0.1, -0.05) is 30.8 Å². The minimum Gasteiger partial charge on any atom is -0.383 e. The van der Waals surface area contributed by atoms with Gasteiger partial charge >= 0.3 is 0 Å². The molecule has 0 saturated heterocycles. The predicted molar refractivity (Wildman–Crippen MR) is 118 cm³/mol. The number of aromatic nitrogens is 2. The van der Waals surface area contributed by atoms with Crippen molar-refractivity contribution in [3.05, 3.63) is 40.3 Å². The third kappa shape index (κ3) is 3.09. The Kier molecular flexibility index (Phi) is 4.75. The molecule has 3 heterocycles. The molecule has 7 nitrogen and oxygen atoms in total. The highest BCUT2D eigenvalue weighted by Gasteiger charge is 2.40. The molecule has 2 aromatic heterocycles. The molecule has 156 valence electrons. The second-order valence-corrected chi connectivity index (χ2v) is 11.6. The number of nitrogens with two attached hydrogens (primary N) is 1. The van der Waals surface area contributed by atoms with E-state index in [4.69, 9.17) is 5.73 Å². The molecule has 1 aliphatic carbocycles. The summed E-state index contributed by atoms with van der Waals surface area (Å²) in [5.74, 6) is 1.01. The number of thiophene rings is 1. The van der Waals surface area contributed by atoms with Gasteiger partial charge in [-0.25, -0.2) is 22.7 Å². The third-order valence-corrected chi connectivity index (χ3v) is 9.42. The van der Waals surface area contributed by atoms with Gasteiger partial charge in [0.2, 0.25) is 0 Å². The van der Waals surface area contributed by atoms with E-state index in [0.29, 0.717) is 22.6 Å². The van der Waals surface area contributed by atoms with Gasteiger partial charge in [-0.3, -0.25) is 4.79 Å². The Balaban J connectivity index is 1.35. The molecule has 1 atom stereocenters. The summed E-state index contributed by atoms with van der Waals surface area (Å²) >= 11 is 2.99. The van der Waals surface area contributed by atoms with Gasteiger partial charge < -0.3 is 5.73 Å². The molecule has 0 fully saturated rings. The largest absolute Gasteiger partial charge is 0.383 e. The first-order chi connectivity index (χ1) is 14.4. The van der Waals surface area contributed by atoms with Crippen LogP contribution in [0.3, 0.4) is 0 Å². The number of hydrogen-bond acceptors (Lipinski definition) is 8. The summed E-state index contributed by atoms with van der Waals surface area (Å²) < 4.78 is 26.2. The minimum atomic E-state index is -3.79. The maximum atomic E-state index is 12.7. The highest BCUT2D eigenvalue weighted by molar-refractivity contribution is 7.99. The van der Waals surface area contributed by atoms with E-state index in [0.717, 1.165) is 33.8 Å². The van der Waals surface area contributed by atoms with Gasteiger partial charge in [0.25, 0.3) is 15.9 Å². The van der Waals surface area contributed by atoms with E-state index in [-0.39, 0.29) is 17.0 Å². The molecule has 1 unspecified atom stereocenters. The van der Waals surface area contributed by atoms with E-state index in [9.17, 15) is 13.2 Å². The number of sulfonamides is 1. The summed E-state index contributed by atoms with van der Waals surface area (Å²) in [7, 11) is -3.79. The lowest BCUT2D eigenvalue weighted by Crippen LogP contribution is -2.32. The Hall–Kier alpha value is -2.17. The van der Waals surface area contributed by atoms with E-state index in [1.807, 2.05) is 0 Å². The van der Waals surface area contributed by atoms with Crippen LogP contribution >= 0.6 is 23.1 Å². The molecule has 30 heavy (non-hydrogen) atoms. The van der Waals surface area contributed by atoms with Crippen LogP contribution in [-0.4, -0.2) is 40.9 Å². The van der Waals surface area contributed by atoms with E-state index < -0.39 is 15.9 Å². The average molecular weight is 461 g/mol. The van der Waals surface area contributed by atoms with Crippen LogP contribution in [0.15, 0.2) is 34.3 Å². The Morgan fingerprint density at radius 3 is 2.90 bits per heavy atom. The Morgan fingerprint density at radius 1 is 1.30 bits per heavy atom. The SMILES string of the molecule is CC1CCc2c(sc3nc(SCCN4C(=O)c5ccccc5S4(=O)=O)nc(N)c23)C1. The molecule has 0 radical (unpaired) electrons. The minimum absolute atomic E-state index is 0.0558.